The molecule has 2 heterocycles. The van der Waals surface area contributed by atoms with Crippen LogP contribution in [0.4, 0.5) is 0 Å². The summed E-state index contributed by atoms with van der Waals surface area (Å²) in [7, 11) is 3.97. The molecule has 6 nitrogen and oxygen atoms in total. The van der Waals surface area contributed by atoms with Gasteiger partial charge in [-0.1, -0.05) is 31.2 Å². The first-order valence-electron chi connectivity index (χ1n) is 10.9. The lowest BCUT2D eigenvalue weighted by Gasteiger charge is -2.22. The number of nitrogens with zero attached hydrogens (tertiary/aromatic N) is 3. The van der Waals surface area contributed by atoms with E-state index in [9.17, 15) is 0 Å². The molecule has 0 bridgehead atoms. The Morgan fingerprint density at radius 3 is 2.52 bits per heavy atom. The van der Waals surface area contributed by atoms with Gasteiger partial charge in [0, 0.05) is 45.3 Å². The molecule has 7 heteroatoms. The quantitative estimate of drug-likeness (QED) is 0.303. The molecule has 1 saturated heterocycles. The Morgan fingerprint density at radius 1 is 1.16 bits per heavy atom. The van der Waals surface area contributed by atoms with Crippen LogP contribution in [-0.2, 0) is 19.6 Å². The van der Waals surface area contributed by atoms with Crippen LogP contribution < -0.4 is 10.6 Å². The Bertz CT molecular complexity index is 808. The van der Waals surface area contributed by atoms with Crippen LogP contribution >= 0.6 is 24.0 Å². The first-order chi connectivity index (χ1) is 14.5. The van der Waals surface area contributed by atoms with Gasteiger partial charge in [0.25, 0.3) is 0 Å². The van der Waals surface area contributed by atoms with Gasteiger partial charge in [-0.2, -0.15) is 0 Å². The van der Waals surface area contributed by atoms with Crippen LogP contribution in [0.1, 0.15) is 37.7 Å². The van der Waals surface area contributed by atoms with Gasteiger partial charge in [0.05, 0.1) is 12.8 Å². The fourth-order valence-corrected chi connectivity index (χ4v) is 4.06. The van der Waals surface area contributed by atoms with Crippen LogP contribution in [0.15, 0.2) is 52.1 Å². The standard InChI is InChI=1S/C24H37N5O.HI/c1-18(2)29-14-19(3)23(17-29)27-24(25-4)26-13-20-9-6-7-10-21(20)15-28(5)16-22-11-8-12-30-22;/h6-12,18-19,23H,13-17H2,1-5H3,(H2,25,26,27);1H. The molecule has 3 rings (SSSR count). The summed E-state index contributed by atoms with van der Waals surface area (Å²) in [5.41, 5.74) is 2.60. The highest BCUT2D eigenvalue weighted by Crippen LogP contribution is 2.19. The Kier molecular flexibility index (Phi) is 10.3. The highest BCUT2D eigenvalue weighted by atomic mass is 127. The van der Waals surface area contributed by atoms with E-state index < -0.39 is 0 Å². The summed E-state index contributed by atoms with van der Waals surface area (Å²) in [6, 6.07) is 13.6. The van der Waals surface area contributed by atoms with Crippen LogP contribution in [0.25, 0.3) is 0 Å². The minimum absolute atomic E-state index is 0. The Hall–Kier alpha value is -1.58. The summed E-state index contributed by atoms with van der Waals surface area (Å²) in [4.78, 5) is 9.26. The van der Waals surface area contributed by atoms with E-state index in [0.29, 0.717) is 18.0 Å². The monoisotopic (exact) mass is 539 g/mol. The van der Waals surface area contributed by atoms with Gasteiger partial charge in [0.1, 0.15) is 5.76 Å². The lowest BCUT2D eigenvalue weighted by molar-refractivity contribution is 0.265. The molecule has 2 aromatic rings. The zero-order valence-electron chi connectivity index (χ0n) is 19.5. The maximum absolute atomic E-state index is 5.48. The highest BCUT2D eigenvalue weighted by Gasteiger charge is 2.31. The van der Waals surface area contributed by atoms with Crippen molar-refractivity contribution in [1.29, 1.82) is 0 Å². The van der Waals surface area contributed by atoms with Gasteiger partial charge in [0.2, 0.25) is 0 Å². The summed E-state index contributed by atoms with van der Waals surface area (Å²) >= 11 is 0. The predicted molar refractivity (Wildman–Crippen MR) is 139 cm³/mol. The van der Waals surface area contributed by atoms with Crippen molar-refractivity contribution in [3.8, 4) is 0 Å². The molecule has 0 spiro atoms. The first kappa shape index (κ1) is 25.7. The van der Waals surface area contributed by atoms with Gasteiger partial charge in [-0.15, -0.1) is 24.0 Å². The van der Waals surface area contributed by atoms with Crippen molar-refractivity contribution in [1.82, 2.24) is 20.4 Å². The molecule has 2 unspecified atom stereocenters. The largest absolute Gasteiger partial charge is 0.468 e. The summed E-state index contributed by atoms with van der Waals surface area (Å²) < 4.78 is 5.48. The molecule has 31 heavy (non-hydrogen) atoms. The summed E-state index contributed by atoms with van der Waals surface area (Å²) in [6.45, 7) is 11.5. The molecule has 1 aliphatic heterocycles. The third kappa shape index (κ3) is 7.50. The van der Waals surface area contributed by atoms with Crippen molar-refractivity contribution in [2.24, 2.45) is 10.9 Å². The summed E-state index contributed by atoms with van der Waals surface area (Å²) in [5, 5.41) is 7.15. The van der Waals surface area contributed by atoms with Crippen molar-refractivity contribution in [2.75, 3.05) is 27.2 Å². The van der Waals surface area contributed by atoms with Crippen molar-refractivity contribution in [3.05, 3.63) is 59.5 Å². The van der Waals surface area contributed by atoms with Crippen LogP contribution in [0, 0.1) is 5.92 Å². The molecule has 0 amide bonds. The van der Waals surface area contributed by atoms with Crippen molar-refractivity contribution in [3.63, 3.8) is 0 Å². The maximum atomic E-state index is 5.48. The second kappa shape index (κ2) is 12.5. The average Bonchev–Trinajstić information content (AvgIpc) is 3.36. The Labute approximate surface area is 204 Å². The lowest BCUT2D eigenvalue weighted by atomic mass is 10.1. The second-order valence-corrected chi connectivity index (χ2v) is 8.72. The van der Waals surface area contributed by atoms with E-state index >= 15 is 0 Å². The first-order valence-corrected chi connectivity index (χ1v) is 10.9. The summed E-state index contributed by atoms with van der Waals surface area (Å²) in [5.74, 6) is 2.46. The molecule has 2 N–H and O–H groups in total. The van der Waals surface area contributed by atoms with Crippen molar-refractivity contribution < 1.29 is 4.42 Å². The molecule has 1 aromatic carbocycles. The highest BCUT2D eigenvalue weighted by molar-refractivity contribution is 14.0. The number of halogens is 1. The molecule has 172 valence electrons. The Morgan fingerprint density at radius 2 is 1.90 bits per heavy atom. The van der Waals surface area contributed by atoms with Crippen LogP contribution in [-0.4, -0.2) is 55.0 Å². The Balaban J connectivity index is 0.00000341. The number of guanidine groups is 1. The van der Waals surface area contributed by atoms with E-state index in [0.717, 1.165) is 44.4 Å². The van der Waals surface area contributed by atoms with E-state index in [4.69, 9.17) is 4.42 Å². The van der Waals surface area contributed by atoms with E-state index in [1.54, 1.807) is 6.26 Å². The van der Waals surface area contributed by atoms with Gasteiger partial charge in [0.15, 0.2) is 5.96 Å². The van der Waals surface area contributed by atoms with Crippen LogP contribution in [0.3, 0.4) is 0 Å². The number of furan rings is 1. The van der Waals surface area contributed by atoms with Crippen molar-refractivity contribution >= 4 is 29.9 Å². The maximum Gasteiger partial charge on any atom is 0.191 e. The van der Waals surface area contributed by atoms with Gasteiger partial charge < -0.3 is 15.1 Å². The molecular formula is C24H38IN5O. The number of benzene rings is 1. The lowest BCUT2D eigenvalue weighted by Crippen LogP contribution is -2.46. The molecule has 1 fully saturated rings. The molecule has 0 aliphatic carbocycles. The van der Waals surface area contributed by atoms with E-state index in [1.165, 1.54) is 11.1 Å². The third-order valence-electron chi connectivity index (χ3n) is 5.93. The number of hydrogen-bond donors (Lipinski definition) is 2. The number of rotatable bonds is 8. The molecule has 0 saturated carbocycles. The zero-order chi connectivity index (χ0) is 21.5. The number of likely N-dealkylation sites (tertiary alicyclic amines) is 1. The molecule has 0 radical (unpaired) electrons. The van der Waals surface area contributed by atoms with Gasteiger partial charge in [-0.3, -0.25) is 14.8 Å². The number of nitrogens with one attached hydrogen (secondary N) is 2. The van der Waals surface area contributed by atoms with Crippen molar-refractivity contribution in [2.45, 2.75) is 52.5 Å². The average molecular weight is 540 g/mol. The van der Waals surface area contributed by atoms with E-state index in [-0.39, 0.29) is 24.0 Å². The predicted octanol–water partition coefficient (Wildman–Crippen LogP) is 3.92. The van der Waals surface area contributed by atoms with Gasteiger partial charge in [-0.25, -0.2) is 0 Å². The van der Waals surface area contributed by atoms with Gasteiger partial charge >= 0.3 is 0 Å². The zero-order valence-corrected chi connectivity index (χ0v) is 21.8. The minimum Gasteiger partial charge on any atom is -0.468 e. The normalized spacial score (nSPS) is 19.6. The molecule has 2 atom stereocenters. The molecule has 1 aliphatic rings. The van der Waals surface area contributed by atoms with Gasteiger partial charge in [-0.05, 0) is 50.1 Å². The van der Waals surface area contributed by atoms with E-state index in [1.807, 2.05) is 19.2 Å². The second-order valence-electron chi connectivity index (χ2n) is 8.72. The number of hydrogen-bond acceptors (Lipinski definition) is 4. The molecule has 1 aromatic heterocycles. The number of aliphatic imine (C=N–C) groups is 1. The minimum atomic E-state index is 0. The topological polar surface area (TPSA) is 56.0 Å². The SMILES string of the molecule is CN=C(NCc1ccccc1CN(C)Cc1ccco1)NC1CN(C(C)C)CC1C.I. The molecular weight excluding hydrogens is 501 g/mol. The van der Waals surface area contributed by atoms with Crippen LogP contribution in [0.5, 0.6) is 0 Å². The third-order valence-corrected chi connectivity index (χ3v) is 5.93. The summed E-state index contributed by atoms with van der Waals surface area (Å²) in [6.07, 6.45) is 1.73. The smallest absolute Gasteiger partial charge is 0.191 e. The fraction of sp³-hybridized carbons (Fsp3) is 0.542. The van der Waals surface area contributed by atoms with E-state index in [2.05, 4.69) is 77.5 Å². The fourth-order valence-electron chi connectivity index (χ4n) is 4.06. The van der Waals surface area contributed by atoms with Crippen LogP contribution in [0.2, 0.25) is 0 Å².